The Labute approximate surface area is 144 Å². The fraction of sp³-hybridized carbons (Fsp3) is 0.471. The number of aromatic amines is 1. The van der Waals surface area contributed by atoms with Gasteiger partial charge in [0.05, 0.1) is 18.1 Å². The van der Waals surface area contributed by atoms with Gasteiger partial charge in [-0.2, -0.15) is 0 Å². The van der Waals surface area contributed by atoms with E-state index >= 15 is 0 Å². The number of amides is 1. The van der Waals surface area contributed by atoms with Crippen molar-refractivity contribution in [2.45, 2.75) is 26.1 Å². The zero-order valence-corrected chi connectivity index (χ0v) is 14.2. The van der Waals surface area contributed by atoms with Crippen LogP contribution in [0.4, 0.5) is 5.69 Å². The maximum atomic E-state index is 12.3. The molecule has 0 radical (unpaired) electrons. The van der Waals surface area contributed by atoms with Crippen LogP contribution in [0.5, 0.6) is 0 Å². The summed E-state index contributed by atoms with van der Waals surface area (Å²) in [6.07, 6.45) is 0.672. The highest BCUT2D eigenvalue weighted by Gasteiger charge is 2.32. The normalized spacial score (nSPS) is 17.5. The maximum Gasteiger partial charge on any atom is 0.293 e. The molecule has 2 heterocycles. The average Bonchev–Trinajstić information content (AvgIpc) is 3.18. The molecule has 0 saturated carbocycles. The molecule has 1 aromatic carbocycles. The Kier molecular flexibility index (Phi) is 4.73. The number of ether oxygens (including phenoxy) is 2. The molecule has 8 heteroatoms. The summed E-state index contributed by atoms with van der Waals surface area (Å²) in [6, 6.07) is 6.35. The first-order valence-corrected chi connectivity index (χ1v) is 8.20. The van der Waals surface area contributed by atoms with Crippen molar-refractivity contribution >= 4 is 22.5 Å². The Morgan fingerprint density at radius 3 is 2.84 bits per heavy atom. The molecule has 1 amide bonds. The second kappa shape index (κ2) is 6.81. The average molecular weight is 347 g/mol. The Bertz CT molecular complexity index is 795. The van der Waals surface area contributed by atoms with Gasteiger partial charge in [0.1, 0.15) is 11.2 Å². The van der Waals surface area contributed by atoms with Crippen molar-refractivity contribution in [2.75, 3.05) is 19.8 Å². The lowest BCUT2D eigenvalue weighted by Gasteiger charge is -2.25. The number of hydrogen-bond acceptors (Lipinski definition) is 5. The number of nitro benzene ring substituents is 1. The lowest BCUT2D eigenvalue weighted by Crippen LogP contribution is -2.34. The quantitative estimate of drug-likeness (QED) is 0.617. The van der Waals surface area contributed by atoms with E-state index in [9.17, 15) is 14.9 Å². The second-order valence-corrected chi connectivity index (χ2v) is 6.53. The van der Waals surface area contributed by atoms with Crippen LogP contribution in [-0.2, 0) is 9.47 Å². The van der Waals surface area contributed by atoms with Crippen LogP contribution in [-0.4, -0.2) is 41.4 Å². The van der Waals surface area contributed by atoms with Gasteiger partial charge in [-0.1, -0.05) is 19.1 Å². The number of carbonyl (C=O) groups excluding carboxylic acids is 1. The Morgan fingerprint density at radius 2 is 2.16 bits per heavy atom. The molecule has 3 rings (SSSR count). The fourth-order valence-electron chi connectivity index (χ4n) is 3.16. The third-order valence-electron chi connectivity index (χ3n) is 4.30. The zero-order chi connectivity index (χ0) is 18.0. The summed E-state index contributed by atoms with van der Waals surface area (Å²) >= 11 is 0. The standard InChI is InChI=1S/C17H21N3O5/c1-11(9-17(2)24-6-7-25-17)10-18-16(21)13-8-12-4-3-5-14(20(22)23)15(12)19-13/h3-5,8,11,19H,6-7,9-10H2,1-2H3,(H,18,21). The van der Waals surface area contributed by atoms with Gasteiger partial charge in [-0.05, 0) is 18.9 Å². The Morgan fingerprint density at radius 1 is 1.44 bits per heavy atom. The van der Waals surface area contributed by atoms with Crippen molar-refractivity contribution in [1.82, 2.24) is 10.3 Å². The number of nitrogens with zero attached hydrogens (tertiary/aromatic N) is 1. The van der Waals surface area contributed by atoms with Crippen LogP contribution in [0.15, 0.2) is 24.3 Å². The number of non-ortho nitro benzene ring substituents is 1. The van der Waals surface area contributed by atoms with E-state index in [-0.39, 0.29) is 17.5 Å². The number of fused-ring (bicyclic) bond motifs is 1. The number of nitrogens with one attached hydrogen (secondary N) is 2. The molecule has 0 spiro atoms. The SMILES string of the molecule is CC(CNC(=O)c1cc2cccc([N+](=O)[O-])c2[nH]1)CC1(C)OCCO1. The molecule has 0 bridgehead atoms. The van der Waals surface area contributed by atoms with Crippen LogP contribution in [0, 0.1) is 16.0 Å². The van der Waals surface area contributed by atoms with Gasteiger partial charge in [-0.15, -0.1) is 0 Å². The first kappa shape index (κ1) is 17.4. The summed E-state index contributed by atoms with van der Waals surface area (Å²) in [4.78, 5) is 25.8. The van der Waals surface area contributed by atoms with E-state index < -0.39 is 10.7 Å². The first-order chi connectivity index (χ1) is 11.9. The highest BCUT2D eigenvalue weighted by atomic mass is 16.7. The molecule has 1 saturated heterocycles. The Balaban J connectivity index is 1.64. The lowest BCUT2D eigenvalue weighted by molar-refractivity contribution is -0.383. The maximum absolute atomic E-state index is 12.3. The molecule has 1 atom stereocenters. The van der Waals surface area contributed by atoms with Crippen molar-refractivity contribution in [3.8, 4) is 0 Å². The van der Waals surface area contributed by atoms with Crippen molar-refractivity contribution < 1.29 is 19.2 Å². The summed E-state index contributed by atoms with van der Waals surface area (Å²) in [5.41, 5.74) is 0.607. The molecule has 1 aliphatic rings. The van der Waals surface area contributed by atoms with E-state index in [0.717, 1.165) is 0 Å². The highest BCUT2D eigenvalue weighted by molar-refractivity contribution is 6.00. The monoisotopic (exact) mass is 347 g/mol. The zero-order valence-electron chi connectivity index (χ0n) is 14.2. The van der Waals surface area contributed by atoms with E-state index in [0.29, 0.717) is 42.8 Å². The number of aromatic nitrogens is 1. The van der Waals surface area contributed by atoms with Gasteiger partial charge < -0.3 is 19.8 Å². The largest absolute Gasteiger partial charge is 0.350 e. The minimum atomic E-state index is -0.591. The molecule has 1 aliphatic heterocycles. The van der Waals surface area contributed by atoms with Crippen LogP contribution >= 0.6 is 0 Å². The highest BCUT2D eigenvalue weighted by Crippen LogP contribution is 2.27. The number of hydrogen-bond donors (Lipinski definition) is 2. The smallest absolute Gasteiger partial charge is 0.293 e. The van der Waals surface area contributed by atoms with Crippen LogP contribution < -0.4 is 5.32 Å². The number of para-hydroxylation sites is 1. The van der Waals surface area contributed by atoms with Crippen LogP contribution in [0.25, 0.3) is 10.9 Å². The van der Waals surface area contributed by atoms with Gasteiger partial charge in [-0.3, -0.25) is 14.9 Å². The molecule has 1 unspecified atom stereocenters. The first-order valence-electron chi connectivity index (χ1n) is 8.20. The van der Waals surface area contributed by atoms with Gasteiger partial charge in [0.2, 0.25) is 0 Å². The third kappa shape index (κ3) is 3.80. The lowest BCUT2D eigenvalue weighted by atomic mass is 10.0. The van der Waals surface area contributed by atoms with Gasteiger partial charge in [-0.25, -0.2) is 0 Å². The molecule has 8 nitrogen and oxygen atoms in total. The number of carbonyl (C=O) groups is 1. The summed E-state index contributed by atoms with van der Waals surface area (Å²) < 4.78 is 11.1. The molecule has 2 aromatic rings. The van der Waals surface area contributed by atoms with Gasteiger partial charge >= 0.3 is 0 Å². The minimum Gasteiger partial charge on any atom is -0.350 e. The summed E-state index contributed by atoms with van der Waals surface area (Å²) in [7, 11) is 0. The summed E-state index contributed by atoms with van der Waals surface area (Å²) in [5, 5.41) is 14.5. The third-order valence-corrected chi connectivity index (χ3v) is 4.30. The number of H-pyrrole nitrogens is 1. The van der Waals surface area contributed by atoms with Crippen molar-refractivity contribution in [2.24, 2.45) is 5.92 Å². The molecular formula is C17H21N3O5. The van der Waals surface area contributed by atoms with Crippen LogP contribution in [0.3, 0.4) is 0 Å². The van der Waals surface area contributed by atoms with Crippen molar-refractivity contribution in [3.05, 3.63) is 40.1 Å². The molecule has 134 valence electrons. The molecule has 1 fully saturated rings. The predicted molar refractivity (Wildman–Crippen MR) is 91.4 cm³/mol. The number of benzene rings is 1. The number of rotatable bonds is 6. The molecule has 2 N–H and O–H groups in total. The van der Waals surface area contributed by atoms with Gasteiger partial charge in [0, 0.05) is 24.4 Å². The van der Waals surface area contributed by atoms with Crippen molar-refractivity contribution in [3.63, 3.8) is 0 Å². The van der Waals surface area contributed by atoms with Crippen LogP contribution in [0.2, 0.25) is 0 Å². The number of nitro groups is 1. The summed E-state index contributed by atoms with van der Waals surface area (Å²) in [6.45, 7) is 5.53. The van der Waals surface area contributed by atoms with E-state index in [2.05, 4.69) is 10.3 Å². The van der Waals surface area contributed by atoms with Gasteiger partial charge in [0.15, 0.2) is 5.79 Å². The van der Waals surface area contributed by atoms with Crippen LogP contribution in [0.1, 0.15) is 30.8 Å². The fourth-order valence-corrected chi connectivity index (χ4v) is 3.16. The van der Waals surface area contributed by atoms with E-state index in [1.165, 1.54) is 6.07 Å². The van der Waals surface area contributed by atoms with E-state index in [4.69, 9.17) is 9.47 Å². The van der Waals surface area contributed by atoms with E-state index in [1.54, 1.807) is 18.2 Å². The molecule has 1 aromatic heterocycles. The Hall–Kier alpha value is -2.45. The molecular weight excluding hydrogens is 326 g/mol. The molecule has 0 aliphatic carbocycles. The van der Waals surface area contributed by atoms with Crippen molar-refractivity contribution in [1.29, 1.82) is 0 Å². The second-order valence-electron chi connectivity index (χ2n) is 6.53. The predicted octanol–water partition coefficient (Wildman–Crippen LogP) is 2.60. The molecule has 25 heavy (non-hydrogen) atoms. The minimum absolute atomic E-state index is 0.0478. The topological polar surface area (TPSA) is 106 Å². The summed E-state index contributed by atoms with van der Waals surface area (Å²) in [5.74, 6) is -0.729. The van der Waals surface area contributed by atoms with E-state index in [1.807, 2.05) is 13.8 Å². The van der Waals surface area contributed by atoms with Gasteiger partial charge in [0.25, 0.3) is 11.6 Å².